The Hall–Kier alpha value is 0.390. The van der Waals surface area contributed by atoms with Crippen molar-refractivity contribution in [2.45, 2.75) is 111 Å². The summed E-state index contributed by atoms with van der Waals surface area (Å²) in [6.45, 7) is 12.6. The number of rotatable bonds is 7. The van der Waals surface area contributed by atoms with Gasteiger partial charge in [0.05, 0.1) is 12.2 Å². The van der Waals surface area contributed by atoms with Crippen molar-refractivity contribution < 1.29 is 7.80 Å². The summed E-state index contributed by atoms with van der Waals surface area (Å²) in [6.07, 6.45) is 16.8. The highest BCUT2D eigenvalue weighted by atomic mass is 127. The Kier molecular flexibility index (Phi) is 7.56. The van der Waals surface area contributed by atoms with E-state index >= 15 is 0 Å². The summed E-state index contributed by atoms with van der Waals surface area (Å²) in [5.74, 6) is 4.94. The molecule has 31 heavy (non-hydrogen) atoms. The van der Waals surface area contributed by atoms with Crippen molar-refractivity contribution in [3.63, 3.8) is 0 Å². The third-order valence-corrected chi connectivity index (χ3v) is 11.3. The molecular weight excluding hydrogens is 495 g/mol. The Bertz CT molecular complexity index is 659. The van der Waals surface area contributed by atoms with Crippen molar-refractivity contribution in [1.82, 2.24) is 0 Å². The van der Waals surface area contributed by atoms with E-state index in [1.165, 1.54) is 57.8 Å². The number of ether oxygens (including phenoxy) is 1. The van der Waals surface area contributed by atoms with Crippen molar-refractivity contribution in [1.29, 1.82) is 0 Å². The molecule has 0 saturated heterocycles. The Labute approximate surface area is 206 Å². The minimum atomic E-state index is 0.295. The molecule has 0 aromatic carbocycles. The van der Waals surface area contributed by atoms with E-state index in [0.29, 0.717) is 29.0 Å². The molecule has 0 spiro atoms. The molecule has 4 aliphatic rings. The topological polar surface area (TPSA) is 18.5 Å². The van der Waals surface area contributed by atoms with Gasteiger partial charge in [0.1, 0.15) is 23.0 Å². The molecule has 4 rings (SSSR count). The van der Waals surface area contributed by atoms with Crippen LogP contribution < -0.4 is 0 Å². The van der Waals surface area contributed by atoms with E-state index < -0.39 is 0 Å². The predicted octanol–water partition coefficient (Wildman–Crippen LogP) is 8.39. The summed E-state index contributed by atoms with van der Waals surface area (Å²) < 4.78 is 12.0. The van der Waals surface area contributed by atoms with Gasteiger partial charge < -0.3 is 7.80 Å². The van der Waals surface area contributed by atoms with E-state index in [1.807, 2.05) is 7.11 Å². The van der Waals surface area contributed by atoms with Crippen LogP contribution in [0.2, 0.25) is 0 Å². The first-order valence-electron chi connectivity index (χ1n) is 13.3. The highest BCUT2D eigenvalue weighted by molar-refractivity contribution is 14.1. The largest absolute Gasteiger partial charge is 0.381 e. The summed E-state index contributed by atoms with van der Waals surface area (Å²) in [7, 11) is 1.89. The number of fused-ring (bicyclic) bond motifs is 5. The Morgan fingerprint density at radius 3 is 2.48 bits per heavy atom. The van der Waals surface area contributed by atoms with Crippen molar-refractivity contribution in [2.75, 3.05) is 7.11 Å². The first-order chi connectivity index (χ1) is 14.7. The van der Waals surface area contributed by atoms with Crippen LogP contribution in [0.1, 0.15) is 98.8 Å². The second-order valence-electron chi connectivity index (χ2n) is 12.6. The molecular formula is C28H47IO2. The molecule has 9 atom stereocenters. The molecule has 0 heterocycles. The fraction of sp³-hybridized carbons (Fsp3) is 0.929. The van der Waals surface area contributed by atoms with Gasteiger partial charge in [-0.3, -0.25) is 0 Å². The molecule has 2 nitrogen and oxygen atoms in total. The van der Waals surface area contributed by atoms with Crippen LogP contribution in [0.3, 0.4) is 0 Å². The average molecular weight is 543 g/mol. The van der Waals surface area contributed by atoms with Crippen LogP contribution >= 0.6 is 23.0 Å². The lowest BCUT2D eigenvalue weighted by Gasteiger charge is -2.60. The second kappa shape index (κ2) is 9.56. The molecule has 3 heteroatoms. The Balaban J connectivity index is 1.56. The molecule has 0 amide bonds. The zero-order valence-electron chi connectivity index (χ0n) is 21.0. The normalized spacial score (nSPS) is 45.6. The number of methoxy groups -OCH3 is 1. The first kappa shape index (κ1) is 24.5. The molecule has 0 N–H and O–H groups in total. The maximum Gasteiger partial charge on any atom is 0.110 e. The van der Waals surface area contributed by atoms with Crippen LogP contribution in [0.15, 0.2) is 11.6 Å². The maximum atomic E-state index is 6.22. The van der Waals surface area contributed by atoms with E-state index in [1.54, 1.807) is 5.57 Å². The average Bonchev–Trinajstić information content (AvgIpc) is 3.09. The lowest BCUT2D eigenvalue weighted by atomic mass is 9.46. The second-order valence-corrected chi connectivity index (χ2v) is 13.1. The minimum Gasteiger partial charge on any atom is -0.381 e. The van der Waals surface area contributed by atoms with Gasteiger partial charge in [0.15, 0.2) is 0 Å². The fourth-order valence-electron chi connectivity index (χ4n) is 8.90. The van der Waals surface area contributed by atoms with E-state index in [-0.39, 0.29) is 0 Å². The van der Waals surface area contributed by atoms with Crippen LogP contribution in [0.4, 0.5) is 0 Å². The van der Waals surface area contributed by atoms with Gasteiger partial charge in [0.2, 0.25) is 0 Å². The van der Waals surface area contributed by atoms with Gasteiger partial charge in [-0.05, 0) is 91.3 Å². The van der Waals surface area contributed by atoms with Gasteiger partial charge in [0.25, 0.3) is 0 Å². The maximum absolute atomic E-state index is 6.22. The minimum absolute atomic E-state index is 0.295. The van der Waals surface area contributed by atoms with Crippen molar-refractivity contribution >= 4 is 23.0 Å². The summed E-state index contributed by atoms with van der Waals surface area (Å²) in [5, 5.41) is 0. The molecule has 0 unspecified atom stereocenters. The summed E-state index contributed by atoms with van der Waals surface area (Å²) >= 11 is 2.20. The van der Waals surface area contributed by atoms with Crippen LogP contribution in [0.25, 0.3) is 0 Å². The smallest absolute Gasteiger partial charge is 0.110 e. The Morgan fingerprint density at radius 2 is 1.81 bits per heavy atom. The van der Waals surface area contributed by atoms with Crippen LogP contribution in [0, 0.1) is 46.3 Å². The molecule has 0 radical (unpaired) electrons. The number of halogens is 1. The monoisotopic (exact) mass is 542 g/mol. The van der Waals surface area contributed by atoms with Crippen LogP contribution in [-0.4, -0.2) is 19.3 Å². The highest BCUT2D eigenvalue weighted by Crippen LogP contribution is 2.67. The summed E-state index contributed by atoms with van der Waals surface area (Å²) in [5.41, 5.74) is 2.53. The predicted molar refractivity (Wildman–Crippen MR) is 138 cm³/mol. The van der Waals surface area contributed by atoms with E-state index in [0.717, 1.165) is 36.0 Å². The van der Waals surface area contributed by atoms with Crippen LogP contribution in [-0.2, 0) is 7.80 Å². The lowest BCUT2D eigenvalue weighted by Crippen LogP contribution is -2.55. The highest BCUT2D eigenvalue weighted by Gasteiger charge is 2.61. The van der Waals surface area contributed by atoms with Crippen molar-refractivity contribution in [3.05, 3.63) is 11.6 Å². The molecule has 4 aliphatic carbocycles. The van der Waals surface area contributed by atoms with Gasteiger partial charge in [-0.25, -0.2) is 0 Å². The SMILES string of the molecule is CO[C@H]1CC[C@@]2(C)C(=C[C@H](OI)[C@H]3[C@@H]4CC[C@H]([C@H](C)CCCC(C)C)[C@@]4(C)CC[C@@H]32)C1. The fourth-order valence-corrected chi connectivity index (χ4v) is 9.39. The molecule has 0 aliphatic heterocycles. The Morgan fingerprint density at radius 1 is 1.03 bits per heavy atom. The molecule has 3 fully saturated rings. The molecule has 0 aromatic heterocycles. The van der Waals surface area contributed by atoms with E-state index in [9.17, 15) is 0 Å². The number of hydrogen-bond donors (Lipinski definition) is 0. The molecule has 0 aromatic rings. The summed E-state index contributed by atoms with van der Waals surface area (Å²) in [4.78, 5) is 0. The van der Waals surface area contributed by atoms with Crippen molar-refractivity contribution in [3.8, 4) is 0 Å². The third-order valence-electron chi connectivity index (χ3n) is 10.7. The van der Waals surface area contributed by atoms with E-state index in [2.05, 4.69) is 63.7 Å². The van der Waals surface area contributed by atoms with Gasteiger partial charge >= 0.3 is 0 Å². The van der Waals surface area contributed by atoms with Gasteiger partial charge in [0, 0.05) is 7.11 Å². The standard InChI is InChI=1S/C28H47IO2/c1-18(2)8-7-9-19(3)22-10-11-23-26-24(13-15-28(22,23)5)27(4)14-12-21(30-6)16-20(27)17-25(26)31-29/h17-19,21-26H,7-16H2,1-6H3/t19-,21+,22-,23+,24+,25+,26+,27+,28-/m1/s1. The van der Waals surface area contributed by atoms with E-state index in [4.69, 9.17) is 7.80 Å². The zero-order chi connectivity index (χ0) is 22.4. The van der Waals surface area contributed by atoms with Gasteiger partial charge in [-0.15, -0.1) is 0 Å². The van der Waals surface area contributed by atoms with Crippen LogP contribution in [0.5, 0.6) is 0 Å². The molecule has 3 saturated carbocycles. The molecule has 178 valence electrons. The quantitative estimate of drug-likeness (QED) is 0.238. The summed E-state index contributed by atoms with van der Waals surface area (Å²) in [6, 6.07) is 0. The van der Waals surface area contributed by atoms with Gasteiger partial charge in [-0.1, -0.05) is 65.5 Å². The lowest BCUT2D eigenvalue weighted by molar-refractivity contribution is -0.0866. The number of hydrogen-bond acceptors (Lipinski definition) is 2. The first-order valence-corrected chi connectivity index (χ1v) is 14.1. The van der Waals surface area contributed by atoms with Crippen molar-refractivity contribution in [2.24, 2.45) is 46.3 Å². The third kappa shape index (κ3) is 4.31. The zero-order valence-corrected chi connectivity index (χ0v) is 23.1. The van der Waals surface area contributed by atoms with Gasteiger partial charge in [-0.2, -0.15) is 0 Å². The molecule has 0 bridgehead atoms.